The second kappa shape index (κ2) is 10.7. The van der Waals surface area contributed by atoms with Gasteiger partial charge in [-0.15, -0.1) is 0 Å². The molecule has 39 heavy (non-hydrogen) atoms. The lowest BCUT2D eigenvalue weighted by atomic mass is 9.96. The number of amides is 1. The number of carbonyl (C=O) groups excluding carboxylic acids is 2. The molecule has 0 saturated heterocycles. The van der Waals surface area contributed by atoms with Crippen molar-refractivity contribution in [3.05, 3.63) is 74.4 Å². The van der Waals surface area contributed by atoms with Crippen LogP contribution in [0.25, 0.3) is 22.2 Å². The molecule has 2 heterocycles. The molecule has 0 unspecified atom stereocenters. The standard InChI is InChI=1S/C27H27N5O7/c1-6-39-26(35)14-7-10-16(11-8-14)29-24(33)20-19(15-9-12-17(37-4)18(13-15)38-5)21-23(30-22(20)28)31(2)27(36)32(3)25(21)34/h7-13H,6H2,1-5H3,(H2,28,30)(H,29,33). The molecule has 0 aliphatic heterocycles. The summed E-state index contributed by atoms with van der Waals surface area (Å²) < 4.78 is 17.9. The van der Waals surface area contributed by atoms with Crippen molar-refractivity contribution in [2.75, 3.05) is 31.9 Å². The molecule has 0 saturated carbocycles. The van der Waals surface area contributed by atoms with Crippen LogP contribution in [0.4, 0.5) is 11.5 Å². The molecule has 2 aromatic heterocycles. The van der Waals surface area contributed by atoms with E-state index in [1.807, 2.05) is 0 Å². The van der Waals surface area contributed by atoms with Crippen LogP contribution in [0.1, 0.15) is 27.6 Å². The van der Waals surface area contributed by atoms with E-state index in [-0.39, 0.29) is 34.6 Å². The third-order valence-electron chi connectivity index (χ3n) is 6.17. The number of benzene rings is 2. The number of nitrogen functional groups attached to an aromatic ring is 1. The SMILES string of the molecule is CCOC(=O)c1ccc(NC(=O)c2c(N)nc3c(c2-c2ccc(OC)c(OC)c2)c(=O)n(C)c(=O)n3C)cc1. The fraction of sp³-hybridized carbons (Fsp3) is 0.222. The molecule has 0 spiro atoms. The first kappa shape index (κ1) is 26.9. The molecule has 4 aromatic rings. The second-order valence-electron chi connectivity index (χ2n) is 8.47. The Kier molecular flexibility index (Phi) is 7.38. The number of ether oxygens (including phenoxy) is 3. The van der Waals surface area contributed by atoms with E-state index in [1.165, 1.54) is 57.1 Å². The van der Waals surface area contributed by atoms with E-state index >= 15 is 0 Å². The monoisotopic (exact) mass is 533 g/mol. The van der Waals surface area contributed by atoms with Crippen LogP contribution in [0.5, 0.6) is 11.5 Å². The molecule has 202 valence electrons. The number of hydrogen-bond acceptors (Lipinski definition) is 9. The number of hydrogen-bond donors (Lipinski definition) is 2. The lowest BCUT2D eigenvalue weighted by molar-refractivity contribution is 0.0526. The van der Waals surface area contributed by atoms with Crippen molar-refractivity contribution in [1.82, 2.24) is 14.1 Å². The van der Waals surface area contributed by atoms with Crippen LogP contribution in [0, 0.1) is 0 Å². The Balaban J connectivity index is 1.96. The van der Waals surface area contributed by atoms with E-state index in [2.05, 4.69) is 10.3 Å². The maximum absolute atomic E-state index is 13.7. The Bertz CT molecular complexity index is 1720. The molecule has 0 fully saturated rings. The number of nitrogens with zero attached hydrogens (tertiary/aromatic N) is 3. The first-order valence-corrected chi connectivity index (χ1v) is 11.8. The molecular formula is C27H27N5O7. The quantitative estimate of drug-likeness (QED) is 0.340. The van der Waals surface area contributed by atoms with Gasteiger partial charge in [-0.2, -0.15) is 0 Å². The van der Waals surface area contributed by atoms with Crippen LogP contribution in [-0.4, -0.2) is 46.8 Å². The van der Waals surface area contributed by atoms with E-state index in [1.54, 1.807) is 25.1 Å². The van der Waals surface area contributed by atoms with Gasteiger partial charge in [0.15, 0.2) is 17.1 Å². The lowest BCUT2D eigenvalue weighted by Crippen LogP contribution is -2.38. The zero-order chi connectivity index (χ0) is 28.4. The summed E-state index contributed by atoms with van der Waals surface area (Å²) in [6, 6.07) is 11.0. The van der Waals surface area contributed by atoms with Gasteiger partial charge in [-0.1, -0.05) is 6.07 Å². The van der Waals surface area contributed by atoms with Crippen molar-refractivity contribution in [3.63, 3.8) is 0 Å². The van der Waals surface area contributed by atoms with Gasteiger partial charge in [0.2, 0.25) is 0 Å². The van der Waals surface area contributed by atoms with Crippen LogP contribution in [-0.2, 0) is 18.8 Å². The number of pyridine rings is 1. The molecular weight excluding hydrogens is 506 g/mol. The maximum atomic E-state index is 13.7. The second-order valence-corrected chi connectivity index (χ2v) is 8.47. The van der Waals surface area contributed by atoms with E-state index < -0.39 is 23.1 Å². The molecule has 0 atom stereocenters. The number of nitrogens with one attached hydrogen (secondary N) is 1. The highest BCUT2D eigenvalue weighted by atomic mass is 16.5. The van der Waals surface area contributed by atoms with Gasteiger partial charge < -0.3 is 25.3 Å². The average molecular weight is 534 g/mol. The fourth-order valence-electron chi connectivity index (χ4n) is 4.21. The van der Waals surface area contributed by atoms with Crippen LogP contribution in [0.2, 0.25) is 0 Å². The minimum absolute atomic E-state index is 0.0146. The van der Waals surface area contributed by atoms with Crippen molar-refractivity contribution >= 4 is 34.4 Å². The molecule has 0 aliphatic carbocycles. The summed E-state index contributed by atoms with van der Waals surface area (Å²) in [5.74, 6) is -0.570. The van der Waals surface area contributed by atoms with Crippen molar-refractivity contribution in [2.45, 2.75) is 6.92 Å². The molecule has 1 amide bonds. The normalized spacial score (nSPS) is 10.8. The Morgan fingerprint density at radius 1 is 0.974 bits per heavy atom. The number of carbonyl (C=O) groups is 2. The van der Waals surface area contributed by atoms with Gasteiger partial charge in [0.05, 0.1) is 37.3 Å². The van der Waals surface area contributed by atoms with E-state index in [0.717, 1.165) is 4.57 Å². The van der Waals surface area contributed by atoms with Crippen molar-refractivity contribution in [1.29, 1.82) is 0 Å². The Hall–Kier alpha value is -5.13. The molecule has 0 radical (unpaired) electrons. The number of esters is 1. The molecule has 0 bridgehead atoms. The van der Waals surface area contributed by atoms with Gasteiger partial charge in [-0.05, 0) is 48.9 Å². The van der Waals surface area contributed by atoms with E-state index in [4.69, 9.17) is 19.9 Å². The summed E-state index contributed by atoms with van der Waals surface area (Å²) >= 11 is 0. The van der Waals surface area contributed by atoms with Gasteiger partial charge in [0, 0.05) is 25.3 Å². The predicted molar refractivity (Wildman–Crippen MR) is 146 cm³/mol. The van der Waals surface area contributed by atoms with Gasteiger partial charge >= 0.3 is 11.7 Å². The zero-order valence-corrected chi connectivity index (χ0v) is 22.0. The number of anilines is 2. The number of aromatic nitrogens is 3. The van der Waals surface area contributed by atoms with Gasteiger partial charge in [-0.25, -0.2) is 14.6 Å². The largest absolute Gasteiger partial charge is 0.493 e. The van der Waals surface area contributed by atoms with Crippen LogP contribution < -0.4 is 31.8 Å². The maximum Gasteiger partial charge on any atom is 0.338 e. The minimum atomic E-state index is -0.661. The number of nitrogens with two attached hydrogens (primary N) is 1. The number of aryl methyl sites for hydroxylation is 1. The number of fused-ring (bicyclic) bond motifs is 1. The summed E-state index contributed by atoms with van der Waals surface area (Å²) in [4.78, 5) is 55.9. The zero-order valence-electron chi connectivity index (χ0n) is 22.0. The summed E-state index contributed by atoms with van der Waals surface area (Å²) in [6.45, 7) is 1.94. The highest BCUT2D eigenvalue weighted by Crippen LogP contribution is 2.37. The summed E-state index contributed by atoms with van der Waals surface area (Å²) in [5.41, 5.74) is 6.22. The summed E-state index contributed by atoms with van der Waals surface area (Å²) in [6.07, 6.45) is 0. The molecule has 12 heteroatoms. The molecule has 12 nitrogen and oxygen atoms in total. The summed E-state index contributed by atoms with van der Waals surface area (Å²) in [5, 5.41) is 2.76. The Morgan fingerprint density at radius 3 is 2.26 bits per heavy atom. The van der Waals surface area contributed by atoms with E-state index in [0.29, 0.717) is 28.3 Å². The van der Waals surface area contributed by atoms with Crippen molar-refractivity contribution in [2.24, 2.45) is 14.1 Å². The van der Waals surface area contributed by atoms with Crippen LogP contribution in [0.15, 0.2) is 52.1 Å². The first-order chi connectivity index (χ1) is 18.6. The highest BCUT2D eigenvalue weighted by molar-refractivity contribution is 6.16. The molecule has 0 aliphatic rings. The predicted octanol–water partition coefficient (Wildman–Crippen LogP) is 2.33. The van der Waals surface area contributed by atoms with Crippen molar-refractivity contribution in [3.8, 4) is 22.6 Å². The van der Waals surface area contributed by atoms with Gasteiger partial charge in [0.25, 0.3) is 11.5 Å². The summed E-state index contributed by atoms with van der Waals surface area (Å²) in [7, 11) is 5.73. The van der Waals surface area contributed by atoms with Gasteiger partial charge in [-0.3, -0.25) is 18.7 Å². The highest BCUT2D eigenvalue weighted by Gasteiger charge is 2.26. The Labute approximate surface area is 222 Å². The molecule has 2 aromatic carbocycles. The number of methoxy groups -OCH3 is 2. The molecule has 3 N–H and O–H groups in total. The Morgan fingerprint density at radius 2 is 1.64 bits per heavy atom. The van der Waals surface area contributed by atoms with Gasteiger partial charge in [0.1, 0.15) is 5.82 Å². The van der Waals surface area contributed by atoms with E-state index in [9.17, 15) is 19.2 Å². The third-order valence-corrected chi connectivity index (χ3v) is 6.17. The average Bonchev–Trinajstić information content (AvgIpc) is 2.94. The molecule has 4 rings (SSSR count). The smallest absolute Gasteiger partial charge is 0.338 e. The number of rotatable bonds is 7. The topological polar surface area (TPSA) is 157 Å². The van der Waals surface area contributed by atoms with Crippen LogP contribution >= 0.6 is 0 Å². The third kappa shape index (κ3) is 4.79. The van der Waals surface area contributed by atoms with Crippen molar-refractivity contribution < 1.29 is 23.8 Å². The van der Waals surface area contributed by atoms with Crippen LogP contribution in [0.3, 0.4) is 0 Å². The first-order valence-electron chi connectivity index (χ1n) is 11.8. The lowest BCUT2D eigenvalue weighted by Gasteiger charge is -2.18. The fourth-order valence-corrected chi connectivity index (χ4v) is 4.21. The minimum Gasteiger partial charge on any atom is -0.493 e.